The molecule has 2 aromatic rings. The molecule has 1 heterocycles. The van der Waals surface area contributed by atoms with Crippen LogP contribution in [0.4, 0.5) is 11.6 Å². The predicted octanol–water partition coefficient (Wildman–Crippen LogP) is 2.82. The van der Waals surface area contributed by atoms with Crippen molar-refractivity contribution in [2.24, 2.45) is 5.73 Å². The highest BCUT2D eigenvalue weighted by Crippen LogP contribution is 2.29. The first-order valence-corrected chi connectivity index (χ1v) is 6.54. The molecule has 0 atom stereocenters. The highest BCUT2D eigenvalue weighted by molar-refractivity contribution is 7.80. The molecule has 0 aliphatic heterocycles. The predicted molar refractivity (Wildman–Crippen MR) is 83.9 cm³/mol. The second kappa shape index (κ2) is 6.02. The molecule has 0 fully saturated rings. The highest BCUT2D eigenvalue weighted by Gasteiger charge is 2.08. The average Bonchev–Trinajstić information content (AvgIpc) is 2.38. The van der Waals surface area contributed by atoms with Crippen LogP contribution in [-0.2, 0) is 0 Å². The molecular formula is C13H13ClN4OS. The maximum Gasteiger partial charge on any atom is 0.228 e. The standard InChI is InChI=1S/C13H13ClN4OS/c1-7-5-10(12(15)20)18-13(16-7)17-9-6-8(14)3-4-11(9)19-2/h3-6H,1-2H3,(H2,15,20)(H,16,17,18). The van der Waals surface area contributed by atoms with Gasteiger partial charge in [0.1, 0.15) is 16.4 Å². The summed E-state index contributed by atoms with van der Waals surface area (Å²) in [5.41, 5.74) is 7.52. The molecule has 0 aliphatic rings. The van der Waals surface area contributed by atoms with E-state index in [1.807, 2.05) is 6.92 Å². The van der Waals surface area contributed by atoms with Crippen molar-refractivity contribution >= 4 is 40.4 Å². The zero-order chi connectivity index (χ0) is 14.7. The topological polar surface area (TPSA) is 73.1 Å². The number of thiocarbonyl (C=S) groups is 1. The SMILES string of the molecule is COc1ccc(Cl)cc1Nc1nc(C)cc(C(N)=S)n1. The van der Waals surface area contributed by atoms with Gasteiger partial charge >= 0.3 is 0 Å². The molecule has 7 heteroatoms. The molecule has 0 bridgehead atoms. The summed E-state index contributed by atoms with van der Waals surface area (Å²) in [5, 5.41) is 3.63. The molecule has 2 rings (SSSR count). The van der Waals surface area contributed by atoms with E-state index in [2.05, 4.69) is 15.3 Å². The van der Waals surface area contributed by atoms with Crippen LogP contribution in [0.15, 0.2) is 24.3 Å². The Kier molecular flexibility index (Phi) is 4.36. The fraction of sp³-hybridized carbons (Fsp3) is 0.154. The molecule has 0 amide bonds. The maximum absolute atomic E-state index is 5.98. The van der Waals surface area contributed by atoms with Crippen molar-refractivity contribution in [1.82, 2.24) is 9.97 Å². The number of rotatable bonds is 4. The van der Waals surface area contributed by atoms with E-state index in [-0.39, 0.29) is 4.99 Å². The number of hydrogen-bond acceptors (Lipinski definition) is 5. The average molecular weight is 309 g/mol. The second-order valence-corrected chi connectivity index (χ2v) is 4.93. The Hall–Kier alpha value is -1.92. The molecule has 20 heavy (non-hydrogen) atoms. The van der Waals surface area contributed by atoms with Gasteiger partial charge in [0.05, 0.1) is 12.8 Å². The zero-order valence-electron chi connectivity index (χ0n) is 11.0. The third kappa shape index (κ3) is 3.34. The van der Waals surface area contributed by atoms with Crippen LogP contribution in [0.3, 0.4) is 0 Å². The Morgan fingerprint density at radius 1 is 1.35 bits per heavy atom. The number of benzene rings is 1. The molecule has 1 aromatic carbocycles. The van der Waals surface area contributed by atoms with Crippen LogP contribution < -0.4 is 15.8 Å². The van der Waals surface area contributed by atoms with Crippen molar-refractivity contribution in [1.29, 1.82) is 0 Å². The van der Waals surface area contributed by atoms with Crippen molar-refractivity contribution in [3.8, 4) is 5.75 Å². The fourth-order valence-corrected chi connectivity index (χ4v) is 1.93. The monoisotopic (exact) mass is 308 g/mol. The van der Waals surface area contributed by atoms with Gasteiger partial charge < -0.3 is 15.8 Å². The first-order chi connectivity index (χ1) is 9.49. The minimum Gasteiger partial charge on any atom is -0.495 e. The number of halogens is 1. The summed E-state index contributed by atoms with van der Waals surface area (Å²) >= 11 is 10.9. The molecular weight excluding hydrogens is 296 g/mol. The van der Waals surface area contributed by atoms with Gasteiger partial charge in [-0.05, 0) is 31.2 Å². The van der Waals surface area contributed by atoms with Gasteiger partial charge in [-0.25, -0.2) is 9.97 Å². The number of hydrogen-bond donors (Lipinski definition) is 2. The van der Waals surface area contributed by atoms with Gasteiger partial charge in [-0.15, -0.1) is 0 Å². The van der Waals surface area contributed by atoms with Crippen LogP contribution in [0.5, 0.6) is 5.75 Å². The van der Waals surface area contributed by atoms with Gasteiger partial charge in [-0.1, -0.05) is 23.8 Å². The summed E-state index contributed by atoms with van der Waals surface area (Å²) in [7, 11) is 1.58. The molecule has 1 aromatic heterocycles. The van der Waals surface area contributed by atoms with E-state index < -0.39 is 0 Å². The molecule has 0 unspecified atom stereocenters. The molecule has 0 saturated carbocycles. The van der Waals surface area contributed by atoms with Crippen LogP contribution >= 0.6 is 23.8 Å². The number of anilines is 2. The number of nitrogens with zero attached hydrogens (tertiary/aromatic N) is 2. The lowest BCUT2D eigenvalue weighted by Crippen LogP contribution is -2.14. The van der Waals surface area contributed by atoms with Crippen molar-refractivity contribution in [3.63, 3.8) is 0 Å². The van der Waals surface area contributed by atoms with Crippen LogP contribution in [-0.4, -0.2) is 22.1 Å². The van der Waals surface area contributed by atoms with Crippen molar-refractivity contribution < 1.29 is 4.74 Å². The van der Waals surface area contributed by atoms with Crippen molar-refractivity contribution in [2.45, 2.75) is 6.92 Å². The lowest BCUT2D eigenvalue weighted by Gasteiger charge is -2.11. The van der Waals surface area contributed by atoms with Crippen LogP contribution in [0.1, 0.15) is 11.4 Å². The smallest absolute Gasteiger partial charge is 0.228 e. The van der Waals surface area contributed by atoms with Gasteiger partial charge in [0.2, 0.25) is 5.95 Å². The third-order valence-electron chi connectivity index (χ3n) is 2.51. The number of nitrogens with one attached hydrogen (secondary N) is 1. The Balaban J connectivity index is 2.39. The molecule has 0 aliphatic carbocycles. The highest BCUT2D eigenvalue weighted by atomic mass is 35.5. The first-order valence-electron chi connectivity index (χ1n) is 5.75. The summed E-state index contributed by atoms with van der Waals surface area (Å²) in [6.45, 7) is 1.84. The largest absolute Gasteiger partial charge is 0.495 e. The minimum absolute atomic E-state index is 0.219. The normalized spacial score (nSPS) is 10.2. The van der Waals surface area contributed by atoms with Crippen LogP contribution in [0.25, 0.3) is 0 Å². The van der Waals surface area contributed by atoms with E-state index in [1.165, 1.54) is 0 Å². The number of aromatic nitrogens is 2. The molecule has 0 saturated heterocycles. The molecule has 3 N–H and O–H groups in total. The summed E-state index contributed by atoms with van der Waals surface area (Å²) in [4.78, 5) is 8.75. The lowest BCUT2D eigenvalue weighted by atomic mass is 10.3. The Morgan fingerprint density at radius 2 is 2.10 bits per heavy atom. The van der Waals surface area contributed by atoms with Crippen molar-refractivity contribution in [3.05, 3.63) is 40.7 Å². The van der Waals surface area contributed by atoms with Gasteiger partial charge in [-0.2, -0.15) is 0 Å². The molecule has 104 valence electrons. The van der Waals surface area contributed by atoms with E-state index in [0.717, 1.165) is 5.69 Å². The summed E-state index contributed by atoms with van der Waals surface area (Å²) in [5.74, 6) is 1.02. The summed E-state index contributed by atoms with van der Waals surface area (Å²) in [6, 6.07) is 6.95. The van der Waals surface area contributed by atoms with E-state index in [9.17, 15) is 0 Å². The quantitative estimate of drug-likeness (QED) is 0.846. The maximum atomic E-state index is 5.98. The summed E-state index contributed by atoms with van der Waals surface area (Å²) in [6.07, 6.45) is 0. The minimum atomic E-state index is 0.219. The Morgan fingerprint density at radius 3 is 2.75 bits per heavy atom. The van der Waals surface area contributed by atoms with Crippen LogP contribution in [0, 0.1) is 6.92 Å². The van der Waals surface area contributed by atoms with Gasteiger partial charge in [-0.3, -0.25) is 0 Å². The molecule has 0 radical (unpaired) electrons. The van der Waals surface area contributed by atoms with Gasteiger partial charge in [0.15, 0.2) is 0 Å². The molecule has 0 spiro atoms. The number of methoxy groups -OCH3 is 1. The van der Waals surface area contributed by atoms with E-state index in [0.29, 0.717) is 28.1 Å². The van der Waals surface area contributed by atoms with Gasteiger partial charge in [0, 0.05) is 10.7 Å². The molecule has 5 nitrogen and oxygen atoms in total. The number of nitrogens with two attached hydrogens (primary N) is 1. The first kappa shape index (κ1) is 14.5. The Bertz CT molecular complexity index is 663. The second-order valence-electron chi connectivity index (χ2n) is 4.05. The van der Waals surface area contributed by atoms with E-state index in [4.69, 9.17) is 34.3 Å². The van der Waals surface area contributed by atoms with Crippen LogP contribution in [0.2, 0.25) is 5.02 Å². The summed E-state index contributed by atoms with van der Waals surface area (Å²) < 4.78 is 5.25. The number of aryl methyl sites for hydroxylation is 1. The van der Waals surface area contributed by atoms with E-state index in [1.54, 1.807) is 31.4 Å². The lowest BCUT2D eigenvalue weighted by molar-refractivity contribution is 0.417. The third-order valence-corrected chi connectivity index (χ3v) is 2.96. The number of ether oxygens (including phenoxy) is 1. The zero-order valence-corrected chi connectivity index (χ0v) is 12.5. The Labute approximate surface area is 127 Å². The van der Waals surface area contributed by atoms with E-state index >= 15 is 0 Å². The van der Waals surface area contributed by atoms with Gasteiger partial charge in [0.25, 0.3) is 0 Å². The van der Waals surface area contributed by atoms with Crippen molar-refractivity contribution in [2.75, 3.05) is 12.4 Å². The fourth-order valence-electron chi connectivity index (χ4n) is 1.65.